The predicted octanol–water partition coefficient (Wildman–Crippen LogP) is 8.83. The third-order valence-corrected chi connectivity index (χ3v) is 6.89. The molecule has 0 radical (unpaired) electrons. The van der Waals surface area contributed by atoms with Crippen LogP contribution in [0.4, 0.5) is 0 Å². The Labute approximate surface area is 202 Å². The van der Waals surface area contributed by atoms with Crippen molar-refractivity contribution in [1.29, 1.82) is 0 Å². The zero-order chi connectivity index (χ0) is 23.3. The number of unbranched alkanes of at least 4 members (excludes halogenated alkanes) is 12. The van der Waals surface area contributed by atoms with Crippen LogP contribution in [0.3, 0.4) is 0 Å². The quantitative estimate of drug-likeness (QED) is 0.165. The van der Waals surface area contributed by atoms with Crippen LogP contribution < -0.4 is 0 Å². The Bertz CT molecular complexity index is 463. The van der Waals surface area contributed by atoms with E-state index < -0.39 is 0 Å². The fourth-order valence-electron chi connectivity index (χ4n) is 4.55. The summed E-state index contributed by atoms with van der Waals surface area (Å²) >= 11 is 0. The van der Waals surface area contributed by atoms with Crippen molar-refractivity contribution in [2.75, 3.05) is 26.2 Å². The van der Waals surface area contributed by atoms with Crippen LogP contribution in [0.25, 0.3) is 0 Å². The third kappa shape index (κ3) is 15.1. The van der Waals surface area contributed by atoms with Crippen LogP contribution in [0.1, 0.15) is 129 Å². The first kappa shape index (κ1) is 29.2. The van der Waals surface area contributed by atoms with Gasteiger partial charge in [-0.15, -0.1) is 0 Å². The molecular weight excluding hydrogens is 388 g/mol. The number of rotatable bonds is 22. The third-order valence-electron chi connectivity index (χ3n) is 6.89. The molecule has 0 aliphatic rings. The Morgan fingerprint density at radius 3 is 1.06 bits per heavy atom. The van der Waals surface area contributed by atoms with E-state index in [1.165, 1.54) is 114 Å². The number of benzene rings is 1. The summed E-state index contributed by atoms with van der Waals surface area (Å²) in [7, 11) is 0. The highest BCUT2D eigenvalue weighted by Crippen LogP contribution is 2.13. The summed E-state index contributed by atoms with van der Waals surface area (Å²) in [4.78, 5) is 5.22. The highest BCUT2D eigenvalue weighted by atomic mass is 15.1. The fourth-order valence-corrected chi connectivity index (χ4v) is 4.55. The molecule has 0 fully saturated rings. The van der Waals surface area contributed by atoms with Gasteiger partial charge in [-0.2, -0.15) is 0 Å². The smallest absolute Gasteiger partial charge is 0.0233 e. The van der Waals surface area contributed by atoms with Crippen molar-refractivity contribution < 1.29 is 0 Å². The van der Waals surface area contributed by atoms with Gasteiger partial charge in [-0.1, -0.05) is 129 Å². The molecule has 2 heteroatoms. The highest BCUT2D eigenvalue weighted by Gasteiger charge is 2.06. The molecule has 0 bridgehead atoms. The fraction of sp³-hybridized carbons (Fsp3) is 0.800. The van der Waals surface area contributed by atoms with E-state index in [-0.39, 0.29) is 0 Å². The molecule has 0 atom stereocenters. The van der Waals surface area contributed by atoms with E-state index in [0.717, 1.165) is 26.2 Å². The molecule has 2 nitrogen and oxygen atoms in total. The van der Waals surface area contributed by atoms with Crippen molar-refractivity contribution >= 4 is 0 Å². The Hall–Kier alpha value is -0.860. The summed E-state index contributed by atoms with van der Waals surface area (Å²) in [5.41, 5.74) is 2.93. The first-order valence-electron chi connectivity index (χ1n) is 14.3. The van der Waals surface area contributed by atoms with Gasteiger partial charge in [-0.3, -0.25) is 9.80 Å². The SMILES string of the molecule is CCCCCCCCCN(CC)Cc1ccc(CN(CC)CCCCCCCCC)cc1. The second-order valence-corrected chi connectivity index (χ2v) is 9.80. The van der Waals surface area contributed by atoms with Gasteiger partial charge in [0.05, 0.1) is 0 Å². The number of hydrogen-bond donors (Lipinski definition) is 0. The number of nitrogens with zero attached hydrogens (tertiary/aromatic N) is 2. The van der Waals surface area contributed by atoms with Crippen molar-refractivity contribution in [2.45, 2.75) is 131 Å². The normalized spacial score (nSPS) is 11.7. The molecule has 1 rings (SSSR count). The molecule has 0 aliphatic heterocycles. The lowest BCUT2D eigenvalue weighted by molar-refractivity contribution is 0.270. The summed E-state index contributed by atoms with van der Waals surface area (Å²) in [5.74, 6) is 0. The lowest BCUT2D eigenvalue weighted by Crippen LogP contribution is -2.25. The molecule has 0 unspecified atom stereocenters. The van der Waals surface area contributed by atoms with E-state index in [1.54, 1.807) is 0 Å². The molecule has 1 aromatic rings. The maximum absolute atomic E-state index is 2.61. The molecule has 0 amide bonds. The van der Waals surface area contributed by atoms with Gasteiger partial charge in [0, 0.05) is 13.1 Å². The molecule has 186 valence electrons. The minimum atomic E-state index is 1.10. The molecule has 0 heterocycles. The van der Waals surface area contributed by atoms with E-state index in [0.29, 0.717) is 0 Å². The Morgan fingerprint density at radius 1 is 0.438 bits per heavy atom. The lowest BCUT2D eigenvalue weighted by atomic mass is 10.1. The Morgan fingerprint density at radius 2 is 0.750 bits per heavy atom. The minimum absolute atomic E-state index is 1.10. The van der Waals surface area contributed by atoms with E-state index in [1.807, 2.05) is 0 Å². The van der Waals surface area contributed by atoms with Crippen LogP contribution in [-0.4, -0.2) is 36.0 Å². The highest BCUT2D eigenvalue weighted by molar-refractivity contribution is 5.22. The van der Waals surface area contributed by atoms with Crippen LogP contribution in [0.2, 0.25) is 0 Å². The molecule has 0 saturated carbocycles. The van der Waals surface area contributed by atoms with Gasteiger partial charge in [0.25, 0.3) is 0 Å². The van der Waals surface area contributed by atoms with Crippen LogP contribution in [-0.2, 0) is 13.1 Å². The Kier molecular flexibility index (Phi) is 18.9. The van der Waals surface area contributed by atoms with Crippen LogP contribution >= 0.6 is 0 Å². The van der Waals surface area contributed by atoms with Gasteiger partial charge < -0.3 is 0 Å². The largest absolute Gasteiger partial charge is 0.299 e. The maximum Gasteiger partial charge on any atom is 0.0233 e. The molecular formula is C30H56N2. The number of hydrogen-bond acceptors (Lipinski definition) is 2. The van der Waals surface area contributed by atoms with Crippen molar-refractivity contribution in [1.82, 2.24) is 9.80 Å². The summed E-state index contributed by atoms with van der Waals surface area (Å²) < 4.78 is 0. The van der Waals surface area contributed by atoms with Gasteiger partial charge in [-0.25, -0.2) is 0 Å². The van der Waals surface area contributed by atoms with Gasteiger partial charge >= 0.3 is 0 Å². The Balaban J connectivity index is 2.26. The van der Waals surface area contributed by atoms with Gasteiger partial charge in [0.1, 0.15) is 0 Å². The molecule has 0 saturated heterocycles. The maximum atomic E-state index is 2.61. The van der Waals surface area contributed by atoms with Gasteiger partial charge in [-0.05, 0) is 50.1 Å². The molecule has 0 spiro atoms. The summed E-state index contributed by atoms with van der Waals surface area (Å²) in [6.45, 7) is 16.2. The van der Waals surface area contributed by atoms with E-state index in [4.69, 9.17) is 0 Å². The lowest BCUT2D eigenvalue weighted by Gasteiger charge is -2.22. The molecule has 1 aromatic carbocycles. The van der Waals surface area contributed by atoms with E-state index in [2.05, 4.69) is 61.8 Å². The van der Waals surface area contributed by atoms with Crippen LogP contribution in [0, 0.1) is 0 Å². The monoisotopic (exact) mass is 444 g/mol. The minimum Gasteiger partial charge on any atom is -0.299 e. The van der Waals surface area contributed by atoms with E-state index >= 15 is 0 Å². The molecule has 32 heavy (non-hydrogen) atoms. The standard InChI is InChI=1S/C30H56N2/c1-5-9-11-13-15-17-19-25-31(7-3)27-29-21-23-30(24-22-29)28-32(8-4)26-20-18-16-14-12-10-6-2/h21-24H,5-20,25-28H2,1-4H3. The summed E-state index contributed by atoms with van der Waals surface area (Å²) in [6.07, 6.45) is 19.5. The predicted molar refractivity (Wildman–Crippen MR) is 144 cm³/mol. The van der Waals surface area contributed by atoms with Crippen molar-refractivity contribution in [3.05, 3.63) is 35.4 Å². The average Bonchev–Trinajstić information content (AvgIpc) is 2.82. The van der Waals surface area contributed by atoms with Crippen LogP contribution in [0.5, 0.6) is 0 Å². The first-order chi connectivity index (χ1) is 15.7. The first-order valence-corrected chi connectivity index (χ1v) is 14.3. The van der Waals surface area contributed by atoms with E-state index in [9.17, 15) is 0 Å². The zero-order valence-corrected chi connectivity index (χ0v) is 22.3. The summed E-state index contributed by atoms with van der Waals surface area (Å²) in [5, 5.41) is 0. The molecule has 0 aromatic heterocycles. The second-order valence-electron chi connectivity index (χ2n) is 9.80. The zero-order valence-electron chi connectivity index (χ0n) is 22.3. The van der Waals surface area contributed by atoms with Crippen molar-refractivity contribution in [3.8, 4) is 0 Å². The second kappa shape index (κ2) is 20.7. The molecule has 0 aliphatic carbocycles. The van der Waals surface area contributed by atoms with Crippen molar-refractivity contribution in [3.63, 3.8) is 0 Å². The topological polar surface area (TPSA) is 6.48 Å². The van der Waals surface area contributed by atoms with Gasteiger partial charge in [0.2, 0.25) is 0 Å². The molecule has 0 N–H and O–H groups in total. The average molecular weight is 445 g/mol. The van der Waals surface area contributed by atoms with Crippen molar-refractivity contribution in [2.24, 2.45) is 0 Å². The van der Waals surface area contributed by atoms with Gasteiger partial charge in [0.15, 0.2) is 0 Å². The van der Waals surface area contributed by atoms with Crippen LogP contribution in [0.15, 0.2) is 24.3 Å². The summed E-state index contributed by atoms with van der Waals surface area (Å²) in [6, 6.07) is 9.46.